The van der Waals surface area contributed by atoms with Gasteiger partial charge in [-0.2, -0.15) is 13.2 Å². The molecule has 3 nitrogen and oxygen atoms in total. The van der Waals surface area contributed by atoms with Crippen LogP contribution in [0.15, 0.2) is 0 Å². The van der Waals surface area contributed by atoms with Crippen molar-refractivity contribution >= 4 is 18.3 Å². The molecule has 0 saturated heterocycles. The first-order valence-corrected chi connectivity index (χ1v) is 3.87. The maximum absolute atomic E-state index is 11.7. The minimum absolute atomic E-state index is 0. The van der Waals surface area contributed by atoms with Gasteiger partial charge in [0.1, 0.15) is 0 Å². The third-order valence-corrected chi connectivity index (χ3v) is 1.47. The Morgan fingerprint density at radius 2 is 1.86 bits per heavy atom. The van der Waals surface area contributed by atoms with E-state index in [1.807, 2.05) is 0 Å². The number of halogens is 4. The van der Waals surface area contributed by atoms with Crippen molar-refractivity contribution in [3.05, 3.63) is 0 Å². The Kier molecular flexibility index (Phi) is 6.93. The van der Waals surface area contributed by atoms with Crippen molar-refractivity contribution in [1.29, 1.82) is 0 Å². The largest absolute Gasteiger partial charge is 0.389 e. The summed E-state index contributed by atoms with van der Waals surface area (Å²) in [5.41, 5.74) is 0. The maximum Gasteiger partial charge on any atom is 0.389 e. The van der Waals surface area contributed by atoms with Gasteiger partial charge >= 0.3 is 6.18 Å². The number of amides is 1. The highest BCUT2D eigenvalue weighted by molar-refractivity contribution is 5.85. The lowest BCUT2D eigenvalue weighted by Gasteiger charge is -2.20. The van der Waals surface area contributed by atoms with E-state index in [0.717, 1.165) is 5.01 Å². The smallest absolute Gasteiger partial charge is 0.278 e. The van der Waals surface area contributed by atoms with Crippen LogP contribution in [0.25, 0.3) is 0 Å². The second-order valence-corrected chi connectivity index (χ2v) is 3.01. The van der Waals surface area contributed by atoms with Crippen molar-refractivity contribution in [3.8, 4) is 0 Å². The van der Waals surface area contributed by atoms with Crippen molar-refractivity contribution in [2.24, 2.45) is 5.84 Å². The number of carbonyl (C=O) groups is 1. The summed E-state index contributed by atoms with van der Waals surface area (Å²) in [5, 5.41) is 0.811. The number of rotatable bonds is 3. The summed E-state index contributed by atoms with van der Waals surface area (Å²) >= 11 is 0. The van der Waals surface area contributed by atoms with Crippen LogP contribution < -0.4 is 5.84 Å². The molecule has 86 valence electrons. The van der Waals surface area contributed by atoms with E-state index in [1.54, 1.807) is 13.8 Å². The zero-order valence-electron chi connectivity index (χ0n) is 7.97. The van der Waals surface area contributed by atoms with E-state index >= 15 is 0 Å². The molecule has 0 aromatic heterocycles. The molecule has 0 radical (unpaired) electrons. The molecule has 0 spiro atoms. The molecule has 0 bridgehead atoms. The second kappa shape index (κ2) is 6.08. The molecule has 0 aromatic rings. The van der Waals surface area contributed by atoms with E-state index in [1.165, 1.54) is 0 Å². The molecule has 0 heterocycles. The van der Waals surface area contributed by atoms with Gasteiger partial charge in [0.2, 0.25) is 5.91 Å². The number of carbonyl (C=O) groups excluding carboxylic acids is 1. The lowest BCUT2D eigenvalue weighted by Crippen LogP contribution is -2.42. The monoisotopic (exact) mass is 234 g/mol. The molecule has 0 aromatic carbocycles. The fourth-order valence-corrected chi connectivity index (χ4v) is 0.666. The topological polar surface area (TPSA) is 46.3 Å². The molecule has 0 unspecified atom stereocenters. The molecule has 0 rings (SSSR count). The van der Waals surface area contributed by atoms with Gasteiger partial charge in [0.15, 0.2) is 0 Å². The first-order chi connectivity index (χ1) is 5.74. The van der Waals surface area contributed by atoms with Crippen LogP contribution in [0.3, 0.4) is 0 Å². The highest BCUT2D eigenvalue weighted by atomic mass is 35.5. The first kappa shape index (κ1) is 16.0. The Bertz CT molecular complexity index is 184. The molecule has 0 aliphatic rings. The normalized spacial score (nSPS) is 11.1. The number of hydrogen-bond donors (Lipinski definition) is 1. The van der Waals surface area contributed by atoms with Crippen LogP contribution in [0.1, 0.15) is 26.7 Å². The van der Waals surface area contributed by atoms with Gasteiger partial charge in [0.25, 0.3) is 0 Å². The van der Waals surface area contributed by atoms with E-state index in [4.69, 9.17) is 5.84 Å². The van der Waals surface area contributed by atoms with Crippen molar-refractivity contribution in [2.45, 2.75) is 38.9 Å². The average molecular weight is 235 g/mol. The number of alkyl halides is 3. The molecule has 7 heteroatoms. The first-order valence-electron chi connectivity index (χ1n) is 3.87. The standard InChI is InChI=1S/C7H13F3N2O.ClH/c1-5(2)12(11)6(13)3-4-7(8,9)10;/h5H,3-4,11H2,1-2H3;1H. The predicted molar refractivity (Wildman–Crippen MR) is 48.7 cm³/mol. The van der Waals surface area contributed by atoms with E-state index in [9.17, 15) is 18.0 Å². The van der Waals surface area contributed by atoms with Gasteiger partial charge in [0, 0.05) is 12.5 Å². The third-order valence-electron chi connectivity index (χ3n) is 1.47. The second-order valence-electron chi connectivity index (χ2n) is 3.01. The van der Waals surface area contributed by atoms with E-state index in [-0.39, 0.29) is 18.4 Å². The van der Waals surface area contributed by atoms with Crippen LogP contribution in [-0.4, -0.2) is 23.1 Å². The fourth-order valence-electron chi connectivity index (χ4n) is 0.666. The summed E-state index contributed by atoms with van der Waals surface area (Å²) in [7, 11) is 0. The lowest BCUT2D eigenvalue weighted by atomic mass is 10.2. The summed E-state index contributed by atoms with van der Waals surface area (Å²) in [5.74, 6) is 4.52. The van der Waals surface area contributed by atoms with Crippen LogP contribution >= 0.6 is 12.4 Å². The van der Waals surface area contributed by atoms with Crippen LogP contribution in [0.5, 0.6) is 0 Å². The van der Waals surface area contributed by atoms with Crippen molar-refractivity contribution in [2.75, 3.05) is 0 Å². The SMILES string of the molecule is CC(C)N(N)C(=O)CCC(F)(F)F.Cl. The summed E-state index contributed by atoms with van der Waals surface area (Å²) in [6.45, 7) is 3.26. The molecular formula is C7H14ClF3N2O. The van der Waals surface area contributed by atoms with Gasteiger partial charge in [0.05, 0.1) is 6.42 Å². The Labute approximate surface area is 86.8 Å². The Hall–Kier alpha value is -0.490. The molecular weight excluding hydrogens is 221 g/mol. The molecule has 1 amide bonds. The number of hydrogen-bond acceptors (Lipinski definition) is 2. The Morgan fingerprint density at radius 3 is 2.14 bits per heavy atom. The van der Waals surface area contributed by atoms with Gasteiger partial charge in [-0.15, -0.1) is 12.4 Å². The molecule has 0 atom stereocenters. The minimum Gasteiger partial charge on any atom is -0.278 e. The summed E-state index contributed by atoms with van der Waals surface area (Å²) in [4.78, 5) is 10.9. The van der Waals surface area contributed by atoms with Gasteiger partial charge < -0.3 is 0 Å². The summed E-state index contributed by atoms with van der Waals surface area (Å²) in [6.07, 6.45) is -6.00. The van der Waals surface area contributed by atoms with Crippen LogP contribution in [0.2, 0.25) is 0 Å². The lowest BCUT2D eigenvalue weighted by molar-refractivity contribution is -0.150. The van der Waals surface area contributed by atoms with E-state index in [0.29, 0.717) is 0 Å². The maximum atomic E-state index is 11.7. The summed E-state index contributed by atoms with van der Waals surface area (Å²) in [6, 6.07) is -0.277. The van der Waals surface area contributed by atoms with Crippen LogP contribution in [0, 0.1) is 0 Å². The van der Waals surface area contributed by atoms with Crippen molar-refractivity contribution in [1.82, 2.24) is 5.01 Å². The van der Waals surface area contributed by atoms with Gasteiger partial charge in [-0.1, -0.05) is 0 Å². The zero-order valence-corrected chi connectivity index (χ0v) is 8.78. The molecule has 0 aliphatic heterocycles. The quantitative estimate of drug-likeness (QED) is 0.460. The molecule has 0 fully saturated rings. The van der Waals surface area contributed by atoms with Crippen LogP contribution in [-0.2, 0) is 4.79 Å². The third kappa shape index (κ3) is 6.97. The molecule has 2 N–H and O–H groups in total. The van der Waals surface area contributed by atoms with Crippen molar-refractivity contribution < 1.29 is 18.0 Å². The predicted octanol–water partition coefficient (Wildman–Crippen LogP) is 1.86. The average Bonchev–Trinajstić information content (AvgIpc) is 1.97. The van der Waals surface area contributed by atoms with E-state index < -0.39 is 24.9 Å². The highest BCUT2D eigenvalue weighted by Gasteiger charge is 2.29. The van der Waals surface area contributed by atoms with Gasteiger partial charge in [-0.3, -0.25) is 9.80 Å². The molecule has 0 saturated carbocycles. The Morgan fingerprint density at radius 1 is 1.43 bits per heavy atom. The van der Waals surface area contributed by atoms with Crippen molar-refractivity contribution in [3.63, 3.8) is 0 Å². The number of nitrogens with two attached hydrogens (primary N) is 1. The van der Waals surface area contributed by atoms with E-state index in [2.05, 4.69) is 0 Å². The summed E-state index contributed by atoms with van der Waals surface area (Å²) < 4.78 is 35.0. The molecule has 0 aliphatic carbocycles. The van der Waals surface area contributed by atoms with Gasteiger partial charge in [-0.25, -0.2) is 5.84 Å². The van der Waals surface area contributed by atoms with Gasteiger partial charge in [-0.05, 0) is 13.8 Å². The fraction of sp³-hybridized carbons (Fsp3) is 0.857. The molecule has 14 heavy (non-hydrogen) atoms. The Balaban J connectivity index is 0. The highest BCUT2D eigenvalue weighted by Crippen LogP contribution is 2.21. The van der Waals surface area contributed by atoms with Crippen LogP contribution in [0.4, 0.5) is 13.2 Å². The zero-order chi connectivity index (χ0) is 10.6. The minimum atomic E-state index is -4.30. The number of hydrazine groups is 1. The number of nitrogens with zero attached hydrogens (tertiary/aromatic N) is 1.